The monoisotopic (exact) mass is 603 g/mol. The topological polar surface area (TPSA) is 99.5 Å². The molecule has 0 saturated carbocycles. The third-order valence-corrected chi connectivity index (χ3v) is 5.85. The minimum atomic E-state index is -0.556. The van der Waals surface area contributed by atoms with Crippen molar-refractivity contribution in [1.82, 2.24) is 20.2 Å². The molecular weight excluding hydrogens is 580 g/mol. The molecule has 4 aromatic rings. The van der Waals surface area contributed by atoms with Crippen molar-refractivity contribution < 1.29 is 23.5 Å². The summed E-state index contributed by atoms with van der Waals surface area (Å²) in [5.74, 6) is -0.261. The molecule has 4 rings (SSSR count). The molecule has 0 atom stereocenters. The molecule has 0 unspecified atom stereocenters. The van der Waals surface area contributed by atoms with Gasteiger partial charge in [-0.25, -0.2) is 19.5 Å². The van der Waals surface area contributed by atoms with Gasteiger partial charge in [0.1, 0.15) is 24.8 Å². The Morgan fingerprint density at radius 2 is 2.00 bits per heavy atom. The maximum absolute atomic E-state index is 14.7. The summed E-state index contributed by atoms with van der Waals surface area (Å²) in [4.78, 5) is 22.6. The standard InChI is InChI=1S/C25H23FIN5O4/c1-3-35-10-11-36-31-25(33)20-13-28-24-19(23(20)30-22-9-6-17(27)12-21(22)26)14-29-32(24)15-16-4-7-18(34-2)8-5-16/h3-9,12-14H,1,10-11,15H2,2H3,(H,28,30)(H,31,33). The van der Waals surface area contributed by atoms with Crippen LogP contribution in [0.2, 0.25) is 0 Å². The van der Waals surface area contributed by atoms with Crippen LogP contribution < -0.4 is 15.5 Å². The number of carbonyl (C=O) groups is 1. The van der Waals surface area contributed by atoms with Crippen LogP contribution in [0.1, 0.15) is 15.9 Å². The van der Waals surface area contributed by atoms with Crippen molar-refractivity contribution in [3.63, 3.8) is 0 Å². The third-order valence-electron chi connectivity index (χ3n) is 5.18. The van der Waals surface area contributed by atoms with Gasteiger partial charge < -0.3 is 14.8 Å². The fourth-order valence-corrected chi connectivity index (χ4v) is 3.88. The minimum absolute atomic E-state index is 0.113. The highest BCUT2D eigenvalue weighted by atomic mass is 127. The molecular formula is C25H23FIN5O4. The van der Waals surface area contributed by atoms with Gasteiger partial charge >= 0.3 is 0 Å². The molecule has 1 amide bonds. The Kier molecular flexibility index (Phi) is 8.33. The molecule has 2 heterocycles. The summed E-state index contributed by atoms with van der Waals surface area (Å²) in [6.07, 6.45) is 4.28. The van der Waals surface area contributed by atoms with Crippen LogP contribution in [-0.2, 0) is 16.1 Å². The van der Waals surface area contributed by atoms with E-state index in [2.05, 4.69) is 27.5 Å². The molecule has 2 aromatic heterocycles. The van der Waals surface area contributed by atoms with Crippen LogP contribution in [0.25, 0.3) is 11.0 Å². The number of rotatable bonds is 11. The maximum Gasteiger partial charge on any atom is 0.278 e. The molecule has 11 heteroatoms. The Bertz CT molecular complexity index is 1380. The second-order valence-electron chi connectivity index (χ2n) is 7.50. The summed E-state index contributed by atoms with van der Waals surface area (Å²) < 4.78 is 27.3. The molecule has 0 saturated heterocycles. The minimum Gasteiger partial charge on any atom is -0.499 e. The smallest absolute Gasteiger partial charge is 0.278 e. The van der Waals surface area contributed by atoms with Gasteiger partial charge in [0.2, 0.25) is 0 Å². The predicted octanol–water partition coefficient (Wildman–Crippen LogP) is 4.80. The van der Waals surface area contributed by atoms with E-state index in [0.717, 1.165) is 14.9 Å². The lowest BCUT2D eigenvalue weighted by atomic mass is 10.1. The normalized spacial score (nSPS) is 10.8. The van der Waals surface area contributed by atoms with E-state index in [9.17, 15) is 9.18 Å². The summed E-state index contributed by atoms with van der Waals surface area (Å²) in [6.45, 7) is 4.22. The Balaban J connectivity index is 1.68. The van der Waals surface area contributed by atoms with Crippen LogP contribution in [0.4, 0.5) is 15.8 Å². The van der Waals surface area contributed by atoms with E-state index in [-0.39, 0.29) is 24.5 Å². The average Bonchev–Trinajstić information content (AvgIpc) is 3.29. The highest BCUT2D eigenvalue weighted by molar-refractivity contribution is 14.1. The Morgan fingerprint density at radius 3 is 2.72 bits per heavy atom. The lowest BCUT2D eigenvalue weighted by Gasteiger charge is -2.14. The SMILES string of the molecule is C=COCCONC(=O)c1cnc2c(cnn2Cc2ccc(OC)cc2)c1Nc1ccc(I)cc1F. The van der Waals surface area contributed by atoms with Gasteiger partial charge in [-0.05, 0) is 58.5 Å². The number of benzene rings is 2. The van der Waals surface area contributed by atoms with Crippen LogP contribution in [0, 0.1) is 9.39 Å². The Labute approximate surface area is 220 Å². The summed E-state index contributed by atoms with van der Waals surface area (Å²) in [5.41, 5.74) is 4.59. The van der Waals surface area contributed by atoms with Crippen molar-refractivity contribution in [2.75, 3.05) is 25.6 Å². The number of hydrogen-bond donors (Lipinski definition) is 2. The zero-order valence-electron chi connectivity index (χ0n) is 19.3. The quantitative estimate of drug-likeness (QED) is 0.110. The van der Waals surface area contributed by atoms with Crippen molar-refractivity contribution >= 4 is 50.9 Å². The van der Waals surface area contributed by atoms with E-state index >= 15 is 0 Å². The number of hydrogen-bond acceptors (Lipinski definition) is 7. The van der Waals surface area contributed by atoms with E-state index in [4.69, 9.17) is 14.3 Å². The summed E-state index contributed by atoms with van der Waals surface area (Å²) in [5, 5.41) is 8.07. The molecule has 2 aromatic carbocycles. The molecule has 9 nitrogen and oxygen atoms in total. The summed E-state index contributed by atoms with van der Waals surface area (Å²) in [6, 6.07) is 12.4. The summed E-state index contributed by atoms with van der Waals surface area (Å²) >= 11 is 2.03. The number of anilines is 2. The van der Waals surface area contributed by atoms with Gasteiger partial charge in [0.05, 0.1) is 48.4 Å². The van der Waals surface area contributed by atoms with E-state index < -0.39 is 11.7 Å². The number of nitrogens with one attached hydrogen (secondary N) is 2. The number of fused-ring (bicyclic) bond motifs is 1. The molecule has 0 aliphatic carbocycles. The molecule has 0 spiro atoms. The molecule has 2 N–H and O–H groups in total. The predicted molar refractivity (Wildman–Crippen MR) is 142 cm³/mol. The van der Waals surface area contributed by atoms with Gasteiger partial charge in [-0.1, -0.05) is 18.7 Å². The van der Waals surface area contributed by atoms with Crippen molar-refractivity contribution in [2.45, 2.75) is 6.54 Å². The molecule has 0 bridgehead atoms. The van der Waals surface area contributed by atoms with Gasteiger partial charge in [0.15, 0.2) is 5.65 Å². The van der Waals surface area contributed by atoms with Gasteiger partial charge in [-0.15, -0.1) is 0 Å². The first-order valence-corrected chi connectivity index (χ1v) is 11.9. The number of hydroxylamine groups is 1. The molecule has 0 aliphatic heterocycles. The Morgan fingerprint density at radius 1 is 1.19 bits per heavy atom. The van der Waals surface area contributed by atoms with E-state index in [0.29, 0.717) is 23.3 Å². The fraction of sp³-hybridized carbons (Fsp3) is 0.160. The second kappa shape index (κ2) is 11.8. The number of methoxy groups -OCH3 is 1. The van der Waals surface area contributed by atoms with Gasteiger partial charge in [0, 0.05) is 9.77 Å². The number of amides is 1. The van der Waals surface area contributed by atoms with Crippen molar-refractivity contribution in [3.05, 3.63) is 88.2 Å². The van der Waals surface area contributed by atoms with E-state index in [1.54, 1.807) is 30.1 Å². The molecule has 0 radical (unpaired) electrons. The van der Waals surface area contributed by atoms with Crippen molar-refractivity contribution in [2.24, 2.45) is 0 Å². The van der Waals surface area contributed by atoms with Gasteiger partial charge in [0.25, 0.3) is 5.91 Å². The molecule has 186 valence electrons. The largest absolute Gasteiger partial charge is 0.499 e. The van der Waals surface area contributed by atoms with Crippen LogP contribution in [0.15, 0.2) is 67.7 Å². The fourth-order valence-electron chi connectivity index (χ4n) is 3.42. The maximum atomic E-state index is 14.7. The number of carbonyl (C=O) groups excluding carboxylic acids is 1. The molecule has 0 aliphatic rings. The lowest BCUT2D eigenvalue weighted by Crippen LogP contribution is -2.26. The first-order chi connectivity index (χ1) is 17.5. The first kappa shape index (κ1) is 25.4. The number of aromatic nitrogens is 3. The second-order valence-corrected chi connectivity index (χ2v) is 8.75. The number of ether oxygens (including phenoxy) is 2. The number of halogens is 2. The van der Waals surface area contributed by atoms with Crippen LogP contribution in [0.5, 0.6) is 5.75 Å². The van der Waals surface area contributed by atoms with Crippen molar-refractivity contribution in [1.29, 1.82) is 0 Å². The Hall–Kier alpha value is -3.71. The lowest BCUT2D eigenvalue weighted by molar-refractivity contribution is 0.0145. The number of nitrogens with zero attached hydrogens (tertiary/aromatic N) is 3. The summed E-state index contributed by atoms with van der Waals surface area (Å²) in [7, 11) is 1.61. The van der Waals surface area contributed by atoms with Crippen LogP contribution in [0.3, 0.4) is 0 Å². The van der Waals surface area contributed by atoms with Crippen molar-refractivity contribution in [3.8, 4) is 5.75 Å². The van der Waals surface area contributed by atoms with Crippen LogP contribution in [-0.4, -0.2) is 41.0 Å². The van der Waals surface area contributed by atoms with E-state index in [1.807, 2.05) is 46.9 Å². The van der Waals surface area contributed by atoms with Crippen LogP contribution >= 0.6 is 22.6 Å². The van der Waals surface area contributed by atoms with Gasteiger partial charge in [-0.2, -0.15) is 5.10 Å². The average molecular weight is 603 g/mol. The molecule has 0 fully saturated rings. The number of pyridine rings is 1. The third kappa shape index (κ3) is 5.91. The highest BCUT2D eigenvalue weighted by Crippen LogP contribution is 2.31. The van der Waals surface area contributed by atoms with Gasteiger partial charge in [-0.3, -0.25) is 9.63 Å². The zero-order valence-corrected chi connectivity index (χ0v) is 21.5. The van der Waals surface area contributed by atoms with E-state index in [1.165, 1.54) is 18.5 Å². The molecule has 36 heavy (non-hydrogen) atoms. The highest BCUT2D eigenvalue weighted by Gasteiger charge is 2.20. The zero-order chi connectivity index (χ0) is 25.5. The first-order valence-electron chi connectivity index (χ1n) is 10.8.